The van der Waals surface area contributed by atoms with Crippen LogP contribution in [0.2, 0.25) is 0 Å². The summed E-state index contributed by atoms with van der Waals surface area (Å²) < 4.78 is 11.8. The number of hydrogen-bond donors (Lipinski definition) is 1. The zero-order valence-corrected chi connectivity index (χ0v) is 13.1. The van der Waals surface area contributed by atoms with Gasteiger partial charge >= 0.3 is 0 Å². The van der Waals surface area contributed by atoms with Crippen molar-refractivity contribution in [2.75, 3.05) is 36.5 Å². The number of anilines is 2. The van der Waals surface area contributed by atoms with Gasteiger partial charge in [0, 0.05) is 26.3 Å². The first-order valence-electron chi connectivity index (χ1n) is 7.61. The zero-order chi connectivity index (χ0) is 16.5. The molecule has 1 N–H and O–H groups in total. The average Bonchev–Trinajstić information content (AvgIpc) is 3.25. The highest BCUT2D eigenvalue weighted by Gasteiger charge is 2.20. The largest absolute Gasteiger partial charge is 0.378 e. The Bertz CT molecular complexity index is 880. The third-order valence-electron chi connectivity index (χ3n) is 4.05. The summed E-state index contributed by atoms with van der Waals surface area (Å²) in [6.07, 6.45) is 1.57. The Hall–Kier alpha value is -2.94. The van der Waals surface area contributed by atoms with E-state index in [0.717, 1.165) is 18.8 Å². The number of nitrogens with one attached hydrogen (secondary N) is 1. The Labute approximate surface area is 137 Å². The van der Waals surface area contributed by atoms with Crippen LogP contribution in [0.4, 0.5) is 11.4 Å². The second kappa shape index (κ2) is 5.93. The van der Waals surface area contributed by atoms with Crippen molar-refractivity contribution in [2.24, 2.45) is 7.05 Å². The molecule has 24 heavy (non-hydrogen) atoms. The molecule has 0 saturated carbocycles. The Kier molecular flexibility index (Phi) is 3.62. The SMILES string of the molecule is Cn1nccc1C(=O)Nc1ccc(N2CCOCC2)c2nonc12. The third kappa shape index (κ3) is 2.48. The molecule has 2 aromatic heterocycles. The van der Waals surface area contributed by atoms with Gasteiger partial charge in [-0.25, -0.2) is 4.63 Å². The monoisotopic (exact) mass is 328 g/mol. The van der Waals surface area contributed by atoms with Crippen LogP contribution in [0.15, 0.2) is 29.0 Å². The molecule has 1 saturated heterocycles. The Morgan fingerprint density at radius 2 is 1.96 bits per heavy atom. The fourth-order valence-electron chi connectivity index (χ4n) is 2.80. The van der Waals surface area contributed by atoms with Gasteiger partial charge in [-0.2, -0.15) is 5.10 Å². The molecule has 9 nitrogen and oxygen atoms in total. The molecule has 1 aliphatic heterocycles. The van der Waals surface area contributed by atoms with Crippen molar-refractivity contribution in [3.63, 3.8) is 0 Å². The first-order valence-corrected chi connectivity index (χ1v) is 7.61. The van der Waals surface area contributed by atoms with Crippen molar-refractivity contribution < 1.29 is 14.2 Å². The lowest BCUT2D eigenvalue weighted by molar-refractivity contribution is 0.101. The van der Waals surface area contributed by atoms with Gasteiger partial charge in [0.05, 0.1) is 24.6 Å². The highest BCUT2D eigenvalue weighted by atomic mass is 16.6. The third-order valence-corrected chi connectivity index (χ3v) is 4.05. The predicted octanol–water partition coefficient (Wildman–Crippen LogP) is 1.05. The smallest absolute Gasteiger partial charge is 0.273 e. The van der Waals surface area contributed by atoms with Gasteiger partial charge in [-0.05, 0) is 28.5 Å². The number of carbonyl (C=O) groups excluding carboxylic acids is 1. The number of aromatic nitrogens is 4. The Morgan fingerprint density at radius 3 is 2.71 bits per heavy atom. The van der Waals surface area contributed by atoms with Crippen LogP contribution in [0.3, 0.4) is 0 Å². The first-order chi connectivity index (χ1) is 11.7. The molecule has 1 aliphatic rings. The minimum absolute atomic E-state index is 0.265. The van der Waals surface area contributed by atoms with E-state index in [9.17, 15) is 4.79 Å². The summed E-state index contributed by atoms with van der Waals surface area (Å²) in [5.41, 5.74) is 3.08. The molecule has 3 heterocycles. The van der Waals surface area contributed by atoms with Crippen LogP contribution in [-0.4, -0.2) is 52.3 Å². The Balaban J connectivity index is 1.66. The summed E-state index contributed by atoms with van der Waals surface area (Å²) >= 11 is 0. The van der Waals surface area contributed by atoms with Crippen molar-refractivity contribution in [1.29, 1.82) is 0 Å². The zero-order valence-electron chi connectivity index (χ0n) is 13.1. The van der Waals surface area contributed by atoms with E-state index < -0.39 is 0 Å². The van der Waals surface area contributed by atoms with E-state index in [0.29, 0.717) is 35.6 Å². The fraction of sp³-hybridized carbons (Fsp3) is 0.333. The number of rotatable bonds is 3. The van der Waals surface area contributed by atoms with Gasteiger partial charge in [-0.3, -0.25) is 9.48 Å². The van der Waals surface area contributed by atoms with Crippen molar-refractivity contribution in [2.45, 2.75) is 0 Å². The van der Waals surface area contributed by atoms with E-state index in [1.807, 2.05) is 12.1 Å². The van der Waals surface area contributed by atoms with E-state index in [-0.39, 0.29) is 5.91 Å². The van der Waals surface area contributed by atoms with Crippen LogP contribution in [0.25, 0.3) is 11.0 Å². The van der Waals surface area contributed by atoms with Gasteiger partial charge in [-0.15, -0.1) is 0 Å². The molecule has 0 radical (unpaired) electrons. The molecule has 0 atom stereocenters. The number of morpholine rings is 1. The number of benzene rings is 1. The van der Waals surface area contributed by atoms with E-state index in [1.54, 1.807) is 19.3 Å². The highest BCUT2D eigenvalue weighted by Crippen LogP contribution is 2.30. The minimum Gasteiger partial charge on any atom is -0.378 e. The molecule has 1 aromatic carbocycles. The maximum atomic E-state index is 12.4. The molecule has 9 heteroatoms. The number of nitrogens with zero attached hydrogens (tertiary/aromatic N) is 5. The second-order valence-corrected chi connectivity index (χ2v) is 5.49. The molecule has 0 unspecified atom stereocenters. The standard InChI is InChI=1S/C15H16N6O3/c1-20-12(4-5-16-20)15(22)17-10-2-3-11(14-13(10)18-24-19-14)21-6-8-23-9-7-21/h2-5H,6-9H2,1H3,(H,17,22). The Morgan fingerprint density at radius 1 is 1.17 bits per heavy atom. The normalized spacial score (nSPS) is 15.0. The van der Waals surface area contributed by atoms with Crippen LogP contribution in [0, 0.1) is 0 Å². The maximum absolute atomic E-state index is 12.4. The van der Waals surface area contributed by atoms with Gasteiger partial charge in [0.15, 0.2) is 11.0 Å². The topological polar surface area (TPSA) is 98.3 Å². The number of carbonyl (C=O) groups is 1. The average molecular weight is 328 g/mol. The van der Waals surface area contributed by atoms with Crippen LogP contribution >= 0.6 is 0 Å². The lowest BCUT2D eigenvalue weighted by atomic mass is 10.2. The lowest BCUT2D eigenvalue weighted by Gasteiger charge is -2.28. The molecule has 0 bridgehead atoms. The van der Waals surface area contributed by atoms with Crippen LogP contribution in [-0.2, 0) is 11.8 Å². The van der Waals surface area contributed by atoms with Crippen LogP contribution in [0.5, 0.6) is 0 Å². The van der Waals surface area contributed by atoms with E-state index in [2.05, 4.69) is 25.6 Å². The highest BCUT2D eigenvalue weighted by molar-refractivity contribution is 6.08. The number of amides is 1. The van der Waals surface area contributed by atoms with Gasteiger partial charge in [0.2, 0.25) is 0 Å². The summed E-state index contributed by atoms with van der Waals surface area (Å²) in [7, 11) is 1.71. The number of ether oxygens (including phenoxy) is 1. The van der Waals surface area contributed by atoms with Crippen LogP contribution < -0.4 is 10.2 Å². The summed E-state index contributed by atoms with van der Waals surface area (Å²) in [6.45, 7) is 2.91. The maximum Gasteiger partial charge on any atom is 0.273 e. The van der Waals surface area contributed by atoms with E-state index in [1.165, 1.54) is 4.68 Å². The van der Waals surface area contributed by atoms with Gasteiger partial charge < -0.3 is 15.0 Å². The van der Waals surface area contributed by atoms with E-state index in [4.69, 9.17) is 9.37 Å². The number of fused-ring (bicyclic) bond motifs is 1. The molecule has 0 aliphatic carbocycles. The van der Waals surface area contributed by atoms with Crippen molar-refractivity contribution >= 4 is 28.3 Å². The molecule has 3 aromatic rings. The fourth-order valence-corrected chi connectivity index (χ4v) is 2.80. The summed E-state index contributed by atoms with van der Waals surface area (Å²) in [5, 5.41) is 14.8. The van der Waals surface area contributed by atoms with Crippen molar-refractivity contribution in [1.82, 2.24) is 20.1 Å². The number of aryl methyl sites for hydroxylation is 1. The molecule has 1 amide bonds. The first kappa shape index (κ1) is 14.6. The molecular weight excluding hydrogens is 312 g/mol. The van der Waals surface area contributed by atoms with E-state index >= 15 is 0 Å². The summed E-state index contributed by atoms with van der Waals surface area (Å²) in [5.74, 6) is -0.265. The van der Waals surface area contributed by atoms with Crippen molar-refractivity contribution in [3.05, 3.63) is 30.1 Å². The van der Waals surface area contributed by atoms with Crippen LogP contribution in [0.1, 0.15) is 10.5 Å². The lowest BCUT2D eigenvalue weighted by Crippen LogP contribution is -2.36. The molecule has 0 spiro atoms. The molecule has 1 fully saturated rings. The van der Waals surface area contributed by atoms with Gasteiger partial charge in [-0.1, -0.05) is 0 Å². The van der Waals surface area contributed by atoms with Gasteiger partial charge in [0.25, 0.3) is 5.91 Å². The summed E-state index contributed by atoms with van der Waals surface area (Å²) in [4.78, 5) is 14.5. The summed E-state index contributed by atoms with van der Waals surface area (Å²) in [6, 6.07) is 5.37. The minimum atomic E-state index is -0.265. The quantitative estimate of drug-likeness (QED) is 0.767. The predicted molar refractivity (Wildman–Crippen MR) is 86.0 cm³/mol. The number of hydrogen-bond acceptors (Lipinski definition) is 7. The second-order valence-electron chi connectivity index (χ2n) is 5.49. The van der Waals surface area contributed by atoms with Gasteiger partial charge in [0.1, 0.15) is 5.69 Å². The molecule has 4 rings (SSSR count). The van der Waals surface area contributed by atoms with Crippen molar-refractivity contribution in [3.8, 4) is 0 Å². The molecular formula is C15H16N6O3. The molecule has 124 valence electrons.